The number of carbonyl (C=O) groups is 1. The first kappa shape index (κ1) is 31.2. The minimum Gasteiger partial charge on any atom is -0.480 e. The molecule has 0 saturated carbocycles. The van der Waals surface area contributed by atoms with Gasteiger partial charge in [-0.3, -0.25) is 9.36 Å². The fourth-order valence-corrected chi connectivity index (χ4v) is 5.86. The number of thiophene rings is 1. The van der Waals surface area contributed by atoms with Crippen LogP contribution in [0, 0.1) is 6.92 Å². The molecule has 4 aromatic rings. The standard InChI is InChI=1S/C23H20F3N3O5S.C5H10O2/c1-12-15-18(30)29(22(2,3)20(31)32)21(33)28(19(15)35-16(12)17-27-9-11-34-17)10-8-13-6-4-5-7-14(13)23(24,25)26;6-5-1-3-7-4-2-5/h4-7,9,11H,8,10H2,1-3H3,(H,31,32);5-6H,1-4H2. The van der Waals surface area contributed by atoms with E-state index in [9.17, 15) is 32.7 Å². The Morgan fingerprint density at radius 3 is 2.38 bits per heavy atom. The van der Waals surface area contributed by atoms with E-state index in [2.05, 4.69) is 4.98 Å². The molecule has 1 aliphatic heterocycles. The van der Waals surface area contributed by atoms with Crippen molar-refractivity contribution in [2.24, 2.45) is 0 Å². The van der Waals surface area contributed by atoms with Crippen LogP contribution in [-0.4, -0.2) is 49.6 Å². The summed E-state index contributed by atoms with van der Waals surface area (Å²) in [6.45, 7) is 5.30. The zero-order valence-electron chi connectivity index (χ0n) is 23.1. The fraction of sp³-hybridized carbons (Fsp3) is 0.429. The number of carboxylic acids is 1. The monoisotopic (exact) mass is 609 g/mol. The van der Waals surface area contributed by atoms with Gasteiger partial charge in [0.25, 0.3) is 5.56 Å². The molecule has 0 bridgehead atoms. The normalized spacial score (nSPS) is 14.5. The number of ether oxygens (including phenoxy) is 1. The average molecular weight is 610 g/mol. The summed E-state index contributed by atoms with van der Waals surface area (Å²) in [7, 11) is 0. The summed E-state index contributed by atoms with van der Waals surface area (Å²) in [5.41, 5.74) is -4.08. The summed E-state index contributed by atoms with van der Waals surface area (Å²) < 4.78 is 52.6. The van der Waals surface area contributed by atoms with Crippen molar-refractivity contribution in [2.45, 2.75) is 64.4 Å². The third-order valence-corrected chi connectivity index (χ3v) is 8.34. The van der Waals surface area contributed by atoms with Crippen molar-refractivity contribution in [3.05, 3.63) is 74.3 Å². The number of hydrogen-bond acceptors (Lipinski definition) is 8. The summed E-state index contributed by atoms with van der Waals surface area (Å²) >= 11 is 1.03. The molecular formula is C28H30F3N3O7S. The Kier molecular flexibility index (Phi) is 9.09. The first-order chi connectivity index (χ1) is 19.7. The highest BCUT2D eigenvalue weighted by Gasteiger charge is 2.36. The van der Waals surface area contributed by atoms with Crippen molar-refractivity contribution >= 4 is 27.5 Å². The number of aliphatic hydroxyl groups excluding tert-OH is 1. The molecule has 226 valence electrons. The summed E-state index contributed by atoms with van der Waals surface area (Å²) in [6.07, 6.45) is -0.466. The number of fused-ring (bicyclic) bond motifs is 1. The van der Waals surface area contributed by atoms with E-state index < -0.39 is 34.5 Å². The largest absolute Gasteiger partial charge is 0.480 e. The minimum absolute atomic E-state index is 0.0310. The van der Waals surface area contributed by atoms with Crippen LogP contribution in [0.15, 0.2) is 50.7 Å². The van der Waals surface area contributed by atoms with Gasteiger partial charge in [-0.1, -0.05) is 18.2 Å². The van der Waals surface area contributed by atoms with Gasteiger partial charge in [-0.25, -0.2) is 19.1 Å². The number of aliphatic hydroxyl groups is 1. The highest BCUT2D eigenvalue weighted by atomic mass is 32.1. The van der Waals surface area contributed by atoms with E-state index in [0.717, 1.165) is 48.0 Å². The zero-order chi connectivity index (χ0) is 30.8. The van der Waals surface area contributed by atoms with Crippen LogP contribution in [0.25, 0.3) is 21.0 Å². The predicted octanol–water partition coefficient (Wildman–Crippen LogP) is 4.43. The van der Waals surface area contributed by atoms with Crippen LogP contribution in [0.1, 0.15) is 43.4 Å². The quantitative estimate of drug-likeness (QED) is 0.328. The van der Waals surface area contributed by atoms with Gasteiger partial charge in [0.05, 0.1) is 28.1 Å². The molecule has 0 amide bonds. The third kappa shape index (κ3) is 6.20. The Bertz CT molecular complexity index is 1680. The Morgan fingerprint density at radius 2 is 1.83 bits per heavy atom. The SMILES string of the molecule is Cc1c(-c2ncco2)sc2c1c(=O)n(C(C)(C)C(=O)O)c(=O)n2CCc1ccccc1C(F)(F)F.OC1CCOCC1. The van der Waals surface area contributed by atoms with Gasteiger partial charge in [0.2, 0.25) is 5.89 Å². The van der Waals surface area contributed by atoms with Gasteiger partial charge in [0.15, 0.2) is 0 Å². The average Bonchev–Trinajstić information content (AvgIpc) is 3.57. The van der Waals surface area contributed by atoms with E-state index in [1.165, 1.54) is 44.5 Å². The molecule has 5 rings (SSSR count). The Balaban J connectivity index is 0.000000507. The second-order valence-corrected chi connectivity index (χ2v) is 11.3. The van der Waals surface area contributed by atoms with Crippen molar-refractivity contribution < 1.29 is 37.3 Å². The van der Waals surface area contributed by atoms with Crippen molar-refractivity contribution in [2.75, 3.05) is 13.2 Å². The lowest BCUT2D eigenvalue weighted by molar-refractivity contribution is -0.146. The van der Waals surface area contributed by atoms with Crippen LogP contribution in [0.4, 0.5) is 13.2 Å². The van der Waals surface area contributed by atoms with E-state index in [0.29, 0.717) is 15.0 Å². The molecule has 14 heteroatoms. The van der Waals surface area contributed by atoms with Crippen molar-refractivity contribution in [3.63, 3.8) is 0 Å². The molecule has 0 aliphatic carbocycles. The van der Waals surface area contributed by atoms with E-state index in [1.54, 1.807) is 6.92 Å². The second-order valence-electron chi connectivity index (χ2n) is 10.3. The lowest BCUT2D eigenvalue weighted by Crippen LogP contribution is -2.52. The van der Waals surface area contributed by atoms with Crippen LogP contribution in [0.2, 0.25) is 0 Å². The molecule has 0 atom stereocenters. The zero-order valence-corrected chi connectivity index (χ0v) is 23.9. The first-order valence-corrected chi connectivity index (χ1v) is 13.9. The molecule has 3 aromatic heterocycles. The molecular weight excluding hydrogens is 579 g/mol. The van der Waals surface area contributed by atoms with Crippen LogP contribution in [0.3, 0.4) is 0 Å². The predicted molar refractivity (Wildman–Crippen MR) is 149 cm³/mol. The molecule has 0 radical (unpaired) electrons. The van der Waals surface area contributed by atoms with Gasteiger partial charge >= 0.3 is 17.8 Å². The first-order valence-electron chi connectivity index (χ1n) is 13.1. The van der Waals surface area contributed by atoms with Gasteiger partial charge in [-0.15, -0.1) is 11.3 Å². The summed E-state index contributed by atoms with van der Waals surface area (Å²) in [5.74, 6) is -1.21. The highest BCUT2D eigenvalue weighted by molar-refractivity contribution is 7.22. The number of aromatic nitrogens is 3. The number of benzene rings is 1. The molecule has 1 aliphatic rings. The van der Waals surface area contributed by atoms with Crippen LogP contribution < -0.4 is 11.2 Å². The van der Waals surface area contributed by atoms with Gasteiger partial charge in [0, 0.05) is 19.8 Å². The molecule has 42 heavy (non-hydrogen) atoms. The number of oxazole rings is 1. The van der Waals surface area contributed by atoms with E-state index >= 15 is 0 Å². The molecule has 0 spiro atoms. The van der Waals surface area contributed by atoms with Gasteiger partial charge in [0.1, 0.15) is 16.6 Å². The number of alkyl halides is 3. The second kappa shape index (κ2) is 12.2. The molecule has 1 saturated heterocycles. The number of halogens is 3. The molecule has 2 N–H and O–H groups in total. The lowest BCUT2D eigenvalue weighted by Gasteiger charge is -2.23. The molecule has 10 nitrogen and oxygen atoms in total. The van der Waals surface area contributed by atoms with Crippen molar-refractivity contribution in [1.29, 1.82) is 0 Å². The molecule has 4 heterocycles. The topological polar surface area (TPSA) is 137 Å². The maximum atomic E-state index is 13.5. The van der Waals surface area contributed by atoms with Gasteiger partial charge in [-0.05, 0) is 57.2 Å². The Hall–Kier alpha value is -3.75. The number of aliphatic carboxylic acids is 1. The third-order valence-electron chi connectivity index (χ3n) is 7.04. The maximum Gasteiger partial charge on any atom is 0.416 e. The fourth-order valence-electron chi connectivity index (χ4n) is 4.60. The number of nitrogens with zero attached hydrogens (tertiary/aromatic N) is 3. The van der Waals surface area contributed by atoms with Crippen molar-refractivity contribution in [3.8, 4) is 10.8 Å². The minimum atomic E-state index is -4.58. The van der Waals surface area contributed by atoms with E-state index in [4.69, 9.17) is 14.3 Å². The van der Waals surface area contributed by atoms with E-state index in [1.807, 2.05) is 0 Å². The molecule has 1 fully saturated rings. The molecule has 0 unspecified atom stereocenters. The summed E-state index contributed by atoms with van der Waals surface area (Å²) in [5, 5.41) is 18.6. The smallest absolute Gasteiger partial charge is 0.416 e. The summed E-state index contributed by atoms with van der Waals surface area (Å²) in [6, 6.07) is 5.02. The summed E-state index contributed by atoms with van der Waals surface area (Å²) in [4.78, 5) is 43.6. The number of aryl methyl sites for hydroxylation is 3. The van der Waals surface area contributed by atoms with E-state index in [-0.39, 0.29) is 40.7 Å². The van der Waals surface area contributed by atoms with Gasteiger partial charge in [-0.2, -0.15) is 13.2 Å². The number of rotatable bonds is 6. The lowest BCUT2D eigenvalue weighted by atomic mass is 10.0. The highest BCUT2D eigenvalue weighted by Crippen LogP contribution is 2.36. The van der Waals surface area contributed by atoms with Gasteiger partial charge < -0.3 is 19.4 Å². The maximum absolute atomic E-state index is 13.5. The van der Waals surface area contributed by atoms with Crippen LogP contribution in [-0.2, 0) is 34.2 Å². The number of hydrogen-bond donors (Lipinski definition) is 2. The van der Waals surface area contributed by atoms with Crippen LogP contribution in [0.5, 0.6) is 0 Å². The number of carboxylic acid groups (broad SMARTS) is 1. The molecule has 1 aromatic carbocycles. The Labute approximate surface area is 241 Å². The van der Waals surface area contributed by atoms with Crippen molar-refractivity contribution in [1.82, 2.24) is 14.1 Å². The Morgan fingerprint density at radius 1 is 1.17 bits per heavy atom. The van der Waals surface area contributed by atoms with Crippen LogP contribution >= 0.6 is 11.3 Å².